The molecular formula is C13H27N3O3S. The van der Waals surface area contributed by atoms with Crippen molar-refractivity contribution in [2.45, 2.75) is 45.6 Å². The van der Waals surface area contributed by atoms with E-state index in [1.54, 1.807) is 0 Å². The summed E-state index contributed by atoms with van der Waals surface area (Å²) in [6, 6.07) is 0.228. The highest BCUT2D eigenvalue weighted by Crippen LogP contribution is 2.21. The van der Waals surface area contributed by atoms with E-state index in [-0.39, 0.29) is 17.9 Å². The van der Waals surface area contributed by atoms with Crippen LogP contribution in [0.15, 0.2) is 0 Å². The van der Waals surface area contributed by atoms with E-state index in [1.807, 2.05) is 0 Å². The Labute approximate surface area is 122 Å². The molecule has 1 fully saturated rings. The molecule has 118 valence electrons. The summed E-state index contributed by atoms with van der Waals surface area (Å²) in [6.07, 6.45) is 3.05. The number of carbonyl (C=O) groups is 1. The van der Waals surface area contributed by atoms with Gasteiger partial charge in [-0.15, -0.1) is 0 Å². The molecule has 0 radical (unpaired) electrons. The molecule has 1 amide bonds. The Kier molecular flexibility index (Phi) is 6.42. The van der Waals surface area contributed by atoms with Gasteiger partial charge in [-0.2, -0.15) is 17.0 Å². The van der Waals surface area contributed by atoms with Crippen molar-refractivity contribution in [1.82, 2.24) is 13.9 Å². The van der Waals surface area contributed by atoms with Gasteiger partial charge in [0.2, 0.25) is 5.91 Å². The van der Waals surface area contributed by atoms with E-state index in [4.69, 9.17) is 0 Å². The molecule has 1 rings (SSSR count). The highest BCUT2D eigenvalue weighted by Gasteiger charge is 2.32. The second kappa shape index (κ2) is 7.38. The lowest BCUT2D eigenvalue weighted by Gasteiger charge is -2.32. The molecule has 0 aliphatic carbocycles. The van der Waals surface area contributed by atoms with Gasteiger partial charge in [-0.25, -0.2) is 0 Å². The first-order valence-electron chi connectivity index (χ1n) is 7.30. The summed E-state index contributed by atoms with van der Waals surface area (Å²) in [7, 11) is -0.289. The van der Waals surface area contributed by atoms with E-state index in [9.17, 15) is 13.2 Å². The molecule has 20 heavy (non-hydrogen) atoms. The molecule has 1 aliphatic heterocycles. The van der Waals surface area contributed by atoms with Crippen LogP contribution in [-0.4, -0.2) is 56.2 Å². The Bertz CT molecular complexity index is 411. The van der Waals surface area contributed by atoms with Crippen LogP contribution in [0, 0.1) is 5.92 Å². The van der Waals surface area contributed by atoms with Crippen LogP contribution in [0.2, 0.25) is 0 Å². The zero-order chi connectivity index (χ0) is 15.3. The van der Waals surface area contributed by atoms with E-state index >= 15 is 0 Å². The first-order chi connectivity index (χ1) is 9.32. The van der Waals surface area contributed by atoms with E-state index in [2.05, 4.69) is 19.2 Å². The van der Waals surface area contributed by atoms with Gasteiger partial charge >= 0.3 is 0 Å². The predicted octanol–water partition coefficient (Wildman–Crippen LogP) is 0.810. The quantitative estimate of drug-likeness (QED) is 0.789. The van der Waals surface area contributed by atoms with Crippen LogP contribution in [0.1, 0.15) is 39.5 Å². The molecule has 1 heterocycles. The first kappa shape index (κ1) is 17.4. The third-order valence-corrected chi connectivity index (χ3v) is 5.89. The van der Waals surface area contributed by atoms with Gasteiger partial charge < -0.3 is 5.32 Å². The average Bonchev–Trinajstić information content (AvgIpc) is 2.44. The Morgan fingerprint density at radius 1 is 1.25 bits per heavy atom. The third kappa shape index (κ3) is 4.17. The minimum Gasteiger partial charge on any atom is -0.353 e. The van der Waals surface area contributed by atoms with Crippen LogP contribution in [0.5, 0.6) is 0 Å². The zero-order valence-corrected chi connectivity index (χ0v) is 13.7. The lowest BCUT2D eigenvalue weighted by atomic mass is 9.96. The second-order valence-corrected chi connectivity index (χ2v) is 7.63. The molecule has 0 aromatic rings. The maximum absolute atomic E-state index is 12.1. The molecule has 0 bridgehead atoms. The van der Waals surface area contributed by atoms with Crippen LogP contribution in [0.25, 0.3) is 0 Å². The highest BCUT2D eigenvalue weighted by atomic mass is 32.2. The SMILES string of the molecule is CCC(CC)NC(=O)C1CCN(S(=O)(=O)N(C)C)CC1. The topological polar surface area (TPSA) is 69.7 Å². The van der Waals surface area contributed by atoms with Crippen LogP contribution in [0.4, 0.5) is 0 Å². The average molecular weight is 305 g/mol. The van der Waals surface area contributed by atoms with Crippen LogP contribution in [-0.2, 0) is 15.0 Å². The van der Waals surface area contributed by atoms with Crippen molar-refractivity contribution in [2.24, 2.45) is 5.92 Å². The van der Waals surface area contributed by atoms with Gasteiger partial charge in [0.25, 0.3) is 10.2 Å². The predicted molar refractivity (Wildman–Crippen MR) is 79.4 cm³/mol. The Morgan fingerprint density at radius 2 is 1.75 bits per heavy atom. The van der Waals surface area contributed by atoms with Crippen LogP contribution < -0.4 is 5.32 Å². The molecule has 1 N–H and O–H groups in total. The summed E-state index contributed by atoms with van der Waals surface area (Å²) < 4.78 is 26.6. The van der Waals surface area contributed by atoms with Crippen molar-refractivity contribution >= 4 is 16.1 Å². The molecule has 0 unspecified atom stereocenters. The van der Waals surface area contributed by atoms with Crippen LogP contribution >= 0.6 is 0 Å². The fraction of sp³-hybridized carbons (Fsp3) is 0.923. The standard InChI is InChI=1S/C13H27N3O3S/c1-5-12(6-2)14-13(17)11-7-9-16(10-8-11)20(18,19)15(3)4/h11-12H,5-10H2,1-4H3,(H,14,17). The minimum atomic E-state index is -3.35. The van der Waals surface area contributed by atoms with Crippen molar-refractivity contribution in [3.8, 4) is 0 Å². The Morgan fingerprint density at radius 3 is 2.15 bits per heavy atom. The molecule has 1 saturated heterocycles. The van der Waals surface area contributed by atoms with Gasteiger partial charge in [0, 0.05) is 39.1 Å². The second-order valence-electron chi connectivity index (χ2n) is 5.49. The van der Waals surface area contributed by atoms with E-state index in [0.29, 0.717) is 25.9 Å². The molecule has 0 saturated carbocycles. The largest absolute Gasteiger partial charge is 0.353 e. The maximum atomic E-state index is 12.1. The lowest BCUT2D eigenvalue weighted by molar-refractivity contribution is -0.126. The zero-order valence-electron chi connectivity index (χ0n) is 12.9. The van der Waals surface area contributed by atoms with Crippen molar-refractivity contribution < 1.29 is 13.2 Å². The van der Waals surface area contributed by atoms with E-state index < -0.39 is 10.2 Å². The van der Waals surface area contributed by atoms with E-state index in [0.717, 1.165) is 12.8 Å². The fourth-order valence-corrected chi connectivity index (χ4v) is 3.53. The van der Waals surface area contributed by atoms with Crippen molar-refractivity contribution in [1.29, 1.82) is 0 Å². The molecule has 1 aliphatic rings. The highest BCUT2D eigenvalue weighted by molar-refractivity contribution is 7.86. The number of nitrogens with zero attached hydrogens (tertiary/aromatic N) is 2. The lowest BCUT2D eigenvalue weighted by Crippen LogP contribution is -2.47. The first-order valence-corrected chi connectivity index (χ1v) is 8.70. The Balaban J connectivity index is 2.52. The van der Waals surface area contributed by atoms with Crippen LogP contribution in [0.3, 0.4) is 0 Å². The van der Waals surface area contributed by atoms with Gasteiger partial charge in [0.15, 0.2) is 0 Å². The molecule has 0 aromatic carbocycles. The number of hydrogen-bond acceptors (Lipinski definition) is 3. The molecule has 0 spiro atoms. The van der Waals surface area contributed by atoms with E-state index in [1.165, 1.54) is 22.7 Å². The Hall–Kier alpha value is -0.660. The van der Waals surface area contributed by atoms with Gasteiger partial charge in [0.05, 0.1) is 0 Å². The summed E-state index contributed by atoms with van der Waals surface area (Å²) in [4.78, 5) is 12.1. The van der Waals surface area contributed by atoms with Crippen molar-refractivity contribution in [2.75, 3.05) is 27.2 Å². The molecule has 6 nitrogen and oxygen atoms in total. The third-order valence-electron chi connectivity index (χ3n) is 3.94. The summed E-state index contributed by atoms with van der Waals surface area (Å²) in [5.74, 6) is 0.00446. The van der Waals surface area contributed by atoms with Gasteiger partial charge in [-0.3, -0.25) is 4.79 Å². The number of amides is 1. The monoisotopic (exact) mass is 305 g/mol. The van der Waals surface area contributed by atoms with Gasteiger partial charge in [-0.1, -0.05) is 13.8 Å². The normalized spacial score (nSPS) is 18.7. The summed E-state index contributed by atoms with van der Waals surface area (Å²) in [6.45, 7) is 4.95. The minimum absolute atomic E-state index is 0.0655. The molecule has 7 heteroatoms. The molecule has 0 aromatic heterocycles. The summed E-state index contributed by atoms with van der Waals surface area (Å²) in [5, 5.41) is 3.05. The summed E-state index contributed by atoms with van der Waals surface area (Å²) in [5.41, 5.74) is 0. The molecule has 0 atom stereocenters. The number of rotatable bonds is 6. The number of carbonyl (C=O) groups excluding carboxylic acids is 1. The van der Waals surface area contributed by atoms with Crippen molar-refractivity contribution in [3.05, 3.63) is 0 Å². The number of piperidine rings is 1. The van der Waals surface area contributed by atoms with Gasteiger partial charge in [-0.05, 0) is 25.7 Å². The van der Waals surface area contributed by atoms with Gasteiger partial charge in [0.1, 0.15) is 0 Å². The van der Waals surface area contributed by atoms with Crippen molar-refractivity contribution in [3.63, 3.8) is 0 Å². The smallest absolute Gasteiger partial charge is 0.281 e. The fourth-order valence-electron chi connectivity index (χ4n) is 2.39. The maximum Gasteiger partial charge on any atom is 0.281 e. The summed E-state index contributed by atoms with van der Waals surface area (Å²) >= 11 is 0. The number of nitrogens with one attached hydrogen (secondary N) is 1. The molecular weight excluding hydrogens is 278 g/mol. The number of hydrogen-bond donors (Lipinski definition) is 1.